The first-order chi connectivity index (χ1) is 8.61. The van der Waals surface area contributed by atoms with Crippen LogP contribution in [0.4, 0.5) is 10.1 Å². The molecule has 1 N–H and O–H groups in total. The molecule has 0 unspecified atom stereocenters. The minimum Gasteiger partial charge on any atom is -0.361 e. The number of aromatic nitrogens is 1. The number of rotatable bonds is 2. The fourth-order valence-corrected chi connectivity index (χ4v) is 1.40. The van der Waals surface area contributed by atoms with Crippen LogP contribution in [0.3, 0.4) is 0 Å². The van der Waals surface area contributed by atoms with E-state index in [0.717, 1.165) is 6.07 Å². The van der Waals surface area contributed by atoms with Crippen molar-refractivity contribution in [2.24, 2.45) is 0 Å². The molecule has 1 aromatic heterocycles. The lowest BCUT2D eigenvalue weighted by Gasteiger charge is -2.05. The lowest BCUT2D eigenvalue weighted by atomic mass is 10.2. The number of carbonyl (C=O) groups excluding carboxylic acids is 1. The van der Waals surface area contributed by atoms with Crippen molar-refractivity contribution in [3.05, 3.63) is 47.1 Å². The van der Waals surface area contributed by atoms with Crippen LogP contribution in [0.15, 0.2) is 28.8 Å². The Morgan fingerprint density at radius 1 is 1.56 bits per heavy atom. The van der Waals surface area contributed by atoms with Gasteiger partial charge in [0.1, 0.15) is 23.2 Å². The predicted molar refractivity (Wildman–Crippen MR) is 60.3 cm³/mol. The molecule has 2 aromatic rings. The summed E-state index contributed by atoms with van der Waals surface area (Å²) in [5, 5.41) is 14.7. The molecule has 5 nitrogen and oxygen atoms in total. The summed E-state index contributed by atoms with van der Waals surface area (Å²) in [4.78, 5) is 11.7. The Labute approximate surface area is 102 Å². The number of amides is 1. The minimum atomic E-state index is -0.688. The van der Waals surface area contributed by atoms with E-state index in [1.807, 2.05) is 0 Å². The van der Waals surface area contributed by atoms with E-state index in [0.29, 0.717) is 5.76 Å². The first kappa shape index (κ1) is 11.8. The molecular weight excluding hydrogens is 237 g/mol. The summed E-state index contributed by atoms with van der Waals surface area (Å²) in [5.41, 5.74) is -0.0464. The maximum atomic E-state index is 13.3. The van der Waals surface area contributed by atoms with E-state index < -0.39 is 11.7 Å². The summed E-state index contributed by atoms with van der Waals surface area (Å²) in [6.07, 6.45) is 0. The third-order valence-electron chi connectivity index (χ3n) is 2.23. The minimum absolute atomic E-state index is 0.0700. The van der Waals surface area contributed by atoms with Crippen LogP contribution in [0.1, 0.15) is 21.8 Å². The number of nitriles is 1. The first-order valence-electron chi connectivity index (χ1n) is 5.05. The van der Waals surface area contributed by atoms with Gasteiger partial charge in [-0.05, 0) is 19.1 Å². The van der Waals surface area contributed by atoms with Crippen molar-refractivity contribution in [3.8, 4) is 6.07 Å². The number of hydrogen-bond donors (Lipinski definition) is 1. The van der Waals surface area contributed by atoms with E-state index in [1.54, 1.807) is 13.0 Å². The maximum Gasteiger partial charge on any atom is 0.277 e. The van der Waals surface area contributed by atoms with Gasteiger partial charge in [0.15, 0.2) is 5.69 Å². The SMILES string of the molecule is Cc1cc(C(=O)Nc2cccc(F)c2C#N)no1. The van der Waals surface area contributed by atoms with Gasteiger partial charge in [0.25, 0.3) is 5.91 Å². The summed E-state index contributed by atoms with van der Waals surface area (Å²) in [7, 11) is 0. The Kier molecular flexibility index (Phi) is 3.06. The third kappa shape index (κ3) is 2.20. The Morgan fingerprint density at radius 2 is 2.33 bits per heavy atom. The normalized spacial score (nSPS) is 9.83. The van der Waals surface area contributed by atoms with Crippen molar-refractivity contribution in [1.29, 1.82) is 5.26 Å². The van der Waals surface area contributed by atoms with E-state index in [-0.39, 0.29) is 16.9 Å². The quantitative estimate of drug-likeness (QED) is 0.879. The fraction of sp³-hybridized carbons (Fsp3) is 0.0833. The van der Waals surface area contributed by atoms with Gasteiger partial charge in [0, 0.05) is 6.07 Å². The molecule has 1 aromatic carbocycles. The fourth-order valence-electron chi connectivity index (χ4n) is 1.40. The van der Waals surface area contributed by atoms with Crippen LogP contribution in [-0.2, 0) is 0 Å². The molecule has 0 aliphatic carbocycles. The number of hydrogen-bond acceptors (Lipinski definition) is 4. The summed E-state index contributed by atoms with van der Waals surface area (Å²) < 4.78 is 18.1. The van der Waals surface area contributed by atoms with Crippen molar-refractivity contribution >= 4 is 11.6 Å². The highest BCUT2D eigenvalue weighted by atomic mass is 19.1. The zero-order valence-corrected chi connectivity index (χ0v) is 9.40. The van der Waals surface area contributed by atoms with E-state index in [2.05, 4.69) is 10.5 Å². The predicted octanol–water partition coefficient (Wildman–Crippen LogP) is 2.25. The van der Waals surface area contributed by atoms with Crippen LogP contribution in [0.25, 0.3) is 0 Å². The molecule has 0 saturated heterocycles. The molecule has 1 amide bonds. The second-order valence-electron chi connectivity index (χ2n) is 3.55. The molecular formula is C12H8FN3O2. The highest BCUT2D eigenvalue weighted by Crippen LogP contribution is 2.18. The zero-order valence-electron chi connectivity index (χ0n) is 9.40. The van der Waals surface area contributed by atoms with Gasteiger partial charge in [-0.1, -0.05) is 11.2 Å². The second kappa shape index (κ2) is 4.67. The number of nitrogens with one attached hydrogen (secondary N) is 1. The van der Waals surface area contributed by atoms with Crippen LogP contribution >= 0.6 is 0 Å². The number of halogens is 1. The standard InChI is InChI=1S/C12H8FN3O2/c1-7-5-11(16-18-7)12(17)15-10-4-2-3-9(13)8(10)6-14/h2-5H,1H3,(H,15,17). The Balaban J connectivity index is 2.28. The maximum absolute atomic E-state index is 13.3. The molecule has 18 heavy (non-hydrogen) atoms. The molecule has 0 atom stereocenters. The highest BCUT2D eigenvalue weighted by molar-refractivity contribution is 6.03. The second-order valence-corrected chi connectivity index (χ2v) is 3.55. The highest BCUT2D eigenvalue weighted by Gasteiger charge is 2.14. The number of carbonyl (C=O) groups is 1. The van der Waals surface area contributed by atoms with Crippen molar-refractivity contribution in [1.82, 2.24) is 5.16 Å². The van der Waals surface area contributed by atoms with Gasteiger partial charge in [0.05, 0.1) is 5.69 Å². The molecule has 0 aliphatic heterocycles. The van der Waals surface area contributed by atoms with Crippen LogP contribution in [0.5, 0.6) is 0 Å². The lowest BCUT2D eigenvalue weighted by molar-refractivity contribution is 0.101. The van der Waals surface area contributed by atoms with Gasteiger partial charge in [0.2, 0.25) is 0 Å². The van der Waals surface area contributed by atoms with Crippen molar-refractivity contribution in [2.45, 2.75) is 6.92 Å². The van der Waals surface area contributed by atoms with Crippen LogP contribution < -0.4 is 5.32 Å². The van der Waals surface area contributed by atoms with Gasteiger partial charge in [-0.2, -0.15) is 5.26 Å². The Bertz CT molecular complexity index is 643. The molecule has 6 heteroatoms. The smallest absolute Gasteiger partial charge is 0.277 e. The molecule has 0 saturated carbocycles. The monoisotopic (exact) mass is 245 g/mol. The first-order valence-corrected chi connectivity index (χ1v) is 5.05. The summed E-state index contributed by atoms with van der Waals surface area (Å²) >= 11 is 0. The van der Waals surface area contributed by atoms with Crippen molar-refractivity contribution < 1.29 is 13.7 Å². The van der Waals surface area contributed by atoms with Crippen molar-refractivity contribution in [3.63, 3.8) is 0 Å². The van der Waals surface area contributed by atoms with Gasteiger partial charge in [-0.3, -0.25) is 4.79 Å². The topological polar surface area (TPSA) is 78.9 Å². The molecule has 90 valence electrons. The van der Waals surface area contributed by atoms with Crippen LogP contribution in [0, 0.1) is 24.1 Å². The molecule has 1 heterocycles. The number of aryl methyl sites for hydroxylation is 1. The summed E-state index contributed by atoms with van der Waals surface area (Å²) in [6.45, 7) is 1.65. The molecule has 0 fully saturated rings. The zero-order chi connectivity index (χ0) is 13.1. The van der Waals surface area contributed by atoms with E-state index in [4.69, 9.17) is 9.78 Å². The molecule has 0 spiro atoms. The van der Waals surface area contributed by atoms with E-state index in [1.165, 1.54) is 18.2 Å². The van der Waals surface area contributed by atoms with E-state index in [9.17, 15) is 9.18 Å². The summed E-state index contributed by atoms with van der Waals surface area (Å²) in [5.74, 6) is -0.763. The molecule has 0 aliphatic rings. The third-order valence-corrected chi connectivity index (χ3v) is 2.23. The average Bonchev–Trinajstić information content (AvgIpc) is 2.76. The van der Waals surface area contributed by atoms with E-state index >= 15 is 0 Å². The van der Waals surface area contributed by atoms with Gasteiger partial charge in [-0.25, -0.2) is 4.39 Å². The largest absolute Gasteiger partial charge is 0.361 e. The number of benzene rings is 1. The number of anilines is 1. The van der Waals surface area contributed by atoms with Gasteiger partial charge < -0.3 is 9.84 Å². The molecule has 2 rings (SSSR count). The molecule has 0 bridgehead atoms. The van der Waals surface area contributed by atoms with Gasteiger partial charge >= 0.3 is 0 Å². The summed E-state index contributed by atoms with van der Waals surface area (Å²) in [6, 6.07) is 7.12. The van der Waals surface area contributed by atoms with Crippen molar-refractivity contribution in [2.75, 3.05) is 5.32 Å². The van der Waals surface area contributed by atoms with Crippen LogP contribution in [0.2, 0.25) is 0 Å². The average molecular weight is 245 g/mol. The number of nitrogens with zero attached hydrogens (tertiary/aromatic N) is 2. The molecule has 0 radical (unpaired) electrons. The van der Waals surface area contributed by atoms with Gasteiger partial charge in [-0.15, -0.1) is 0 Å². The lowest BCUT2D eigenvalue weighted by Crippen LogP contribution is -2.13. The van der Waals surface area contributed by atoms with Crippen LogP contribution in [-0.4, -0.2) is 11.1 Å². The Morgan fingerprint density at radius 3 is 2.94 bits per heavy atom. The Hall–Kier alpha value is -2.68.